The highest BCUT2D eigenvalue weighted by molar-refractivity contribution is 5.94. The molecule has 0 N–H and O–H groups in total. The van der Waals surface area contributed by atoms with E-state index in [1.165, 1.54) is 31.7 Å². The van der Waals surface area contributed by atoms with Crippen molar-refractivity contribution >= 4 is 5.91 Å². The highest BCUT2D eigenvalue weighted by atomic mass is 19.4. The van der Waals surface area contributed by atoms with E-state index in [0.717, 1.165) is 25.4 Å². The number of alkyl halides is 3. The number of amides is 1. The Hall–Kier alpha value is -1.63. The Morgan fingerprint density at radius 3 is 2.26 bits per heavy atom. The first-order valence-corrected chi connectivity index (χ1v) is 8.02. The van der Waals surface area contributed by atoms with Crippen molar-refractivity contribution in [3.05, 3.63) is 29.6 Å². The van der Waals surface area contributed by atoms with Gasteiger partial charge in [-0.05, 0) is 25.0 Å². The lowest BCUT2D eigenvalue weighted by Gasteiger charge is -2.38. The maximum absolute atomic E-state index is 12.5. The number of nitrogens with zero attached hydrogens (tertiary/aromatic N) is 3. The van der Waals surface area contributed by atoms with Gasteiger partial charge in [0.05, 0.1) is 5.56 Å². The molecule has 0 atom stereocenters. The second-order valence-corrected chi connectivity index (χ2v) is 6.20. The van der Waals surface area contributed by atoms with Crippen LogP contribution in [-0.4, -0.2) is 52.9 Å². The molecule has 4 nitrogen and oxygen atoms in total. The van der Waals surface area contributed by atoms with Crippen LogP contribution < -0.4 is 0 Å². The molecule has 126 valence electrons. The summed E-state index contributed by atoms with van der Waals surface area (Å²) in [6.07, 6.45) is 1.57. The minimum Gasteiger partial charge on any atom is -0.336 e. The fourth-order valence-corrected chi connectivity index (χ4v) is 3.43. The second-order valence-electron chi connectivity index (χ2n) is 6.20. The molecule has 0 aromatic carbocycles. The van der Waals surface area contributed by atoms with Gasteiger partial charge in [0.1, 0.15) is 5.69 Å². The van der Waals surface area contributed by atoms with Gasteiger partial charge in [-0.25, -0.2) is 0 Å². The molecule has 1 aliphatic carbocycles. The van der Waals surface area contributed by atoms with Crippen LogP contribution in [0.25, 0.3) is 0 Å². The second kappa shape index (κ2) is 6.47. The van der Waals surface area contributed by atoms with Crippen molar-refractivity contribution in [2.24, 2.45) is 0 Å². The summed E-state index contributed by atoms with van der Waals surface area (Å²) in [7, 11) is 0. The first-order chi connectivity index (χ1) is 10.9. The SMILES string of the molecule is O=C(c1ccc(C(F)(F)F)nc1)N1CCN(C2CCCC2)CC1. The third-order valence-corrected chi connectivity index (χ3v) is 4.74. The van der Waals surface area contributed by atoms with Crippen LogP contribution in [0.1, 0.15) is 41.7 Å². The van der Waals surface area contributed by atoms with Gasteiger partial charge in [-0.15, -0.1) is 0 Å². The Labute approximate surface area is 133 Å². The van der Waals surface area contributed by atoms with Crippen LogP contribution >= 0.6 is 0 Å². The predicted molar refractivity (Wildman–Crippen MR) is 79.0 cm³/mol. The molecule has 1 saturated carbocycles. The summed E-state index contributed by atoms with van der Waals surface area (Å²) in [6.45, 7) is 2.92. The summed E-state index contributed by atoms with van der Waals surface area (Å²) in [5.41, 5.74) is -0.757. The van der Waals surface area contributed by atoms with Crippen LogP contribution in [0.15, 0.2) is 18.3 Å². The summed E-state index contributed by atoms with van der Waals surface area (Å²) in [6, 6.07) is 2.71. The number of carbonyl (C=O) groups excluding carboxylic acids is 1. The smallest absolute Gasteiger partial charge is 0.336 e. The topological polar surface area (TPSA) is 36.4 Å². The minimum absolute atomic E-state index is 0.215. The fraction of sp³-hybridized carbons (Fsp3) is 0.625. The molecular formula is C16H20F3N3O. The highest BCUT2D eigenvalue weighted by Crippen LogP contribution is 2.27. The number of pyridine rings is 1. The van der Waals surface area contributed by atoms with Crippen molar-refractivity contribution in [1.29, 1.82) is 0 Å². The van der Waals surface area contributed by atoms with Gasteiger partial charge in [-0.3, -0.25) is 14.7 Å². The number of rotatable bonds is 2. The van der Waals surface area contributed by atoms with E-state index in [1.807, 2.05) is 0 Å². The molecule has 3 rings (SSSR count). The normalized spacial score (nSPS) is 20.9. The molecule has 2 aliphatic rings. The summed E-state index contributed by atoms with van der Waals surface area (Å²) in [5.74, 6) is -0.239. The molecule has 1 saturated heterocycles. The molecule has 1 aromatic rings. The van der Waals surface area contributed by atoms with E-state index < -0.39 is 11.9 Å². The van der Waals surface area contributed by atoms with E-state index in [0.29, 0.717) is 19.1 Å². The average molecular weight is 327 g/mol. The van der Waals surface area contributed by atoms with Crippen molar-refractivity contribution in [3.8, 4) is 0 Å². The number of hydrogen-bond donors (Lipinski definition) is 0. The molecule has 1 aliphatic heterocycles. The summed E-state index contributed by atoms with van der Waals surface area (Å²) >= 11 is 0. The fourth-order valence-electron chi connectivity index (χ4n) is 3.43. The third-order valence-electron chi connectivity index (χ3n) is 4.74. The highest BCUT2D eigenvalue weighted by Gasteiger charge is 2.33. The first-order valence-electron chi connectivity index (χ1n) is 8.02. The third kappa shape index (κ3) is 3.65. The lowest BCUT2D eigenvalue weighted by molar-refractivity contribution is -0.141. The van der Waals surface area contributed by atoms with E-state index in [2.05, 4.69) is 9.88 Å². The Kier molecular flexibility index (Phi) is 4.57. The van der Waals surface area contributed by atoms with Gasteiger partial charge in [0.2, 0.25) is 0 Å². The maximum Gasteiger partial charge on any atom is 0.433 e. The quantitative estimate of drug-likeness (QED) is 0.838. The molecular weight excluding hydrogens is 307 g/mol. The summed E-state index contributed by atoms with van der Waals surface area (Å²) in [5, 5.41) is 0. The van der Waals surface area contributed by atoms with Crippen LogP contribution in [0, 0.1) is 0 Å². The molecule has 7 heteroatoms. The summed E-state index contributed by atoms with van der Waals surface area (Å²) in [4.78, 5) is 19.9. The van der Waals surface area contributed by atoms with Crippen molar-refractivity contribution in [2.45, 2.75) is 37.9 Å². The molecule has 0 bridgehead atoms. The van der Waals surface area contributed by atoms with E-state index in [1.54, 1.807) is 4.90 Å². The largest absolute Gasteiger partial charge is 0.433 e. The minimum atomic E-state index is -4.48. The van der Waals surface area contributed by atoms with Crippen molar-refractivity contribution < 1.29 is 18.0 Å². The Balaban J connectivity index is 1.58. The van der Waals surface area contributed by atoms with E-state index in [4.69, 9.17) is 0 Å². The molecule has 23 heavy (non-hydrogen) atoms. The van der Waals surface area contributed by atoms with Crippen LogP contribution in [0.2, 0.25) is 0 Å². The summed E-state index contributed by atoms with van der Waals surface area (Å²) < 4.78 is 37.5. The number of aromatic nitrogens is 1. The van der Waals surface area contributed by atoms with Crippen molar-refractivity contribution in [1.82, 2.24) is 14.8 Å². The van der Waals surface area contributed by atoms with Crippen LogP contribution in [0.3, 0.4) is 0 Å². The molecule has 2 fully saturated rings. The molecule has 1 amide bonds. The molecule has 0 radical (unpaired) electrons. The molecule has 2 heterocycles. The van der Waals surface area contributed by atoms with Gasteiger partial charge < -0.3 is 4.90 Å². The van der Waals surface area contributed by atoms with Crippen molar-refractivity contribution in [3.63, 3.8) is 0 Å². The Morgan fingerprint density at radius 2 is 1.74 bits per heavy atom. The lowest BCUT2D eigenvalue weighted by Crippen LogP contribution is -2.51. The zero-order chi connectivity index (χ0) is 16.4. The molecule has 0 spiro atoms. The van der Waals surface area contributed by atoms with Gasteiger partial charge in [-0.2, -0.15) is 13.2 Å². The van der Waals surface area contributed by atoms with Gasteiger partial charge in [0.25, 0.3) is 5.91 Å². The van der Waals surface area contributed by atoms with Gasteiger partial charge in [0, 0.05) is 38.4 Å². The van der Waals surface area contributed by atoms with Crippen LogP contribution in [-0.2, 0) is 6.18 Å². The lowest BCUT2D eigenvalue weighted by atomic mass is 10.1. The molecule has 1 aromatic heterocycles. The number of halogens is 3. The van der Waals surface area contributed by atoms with Crippen LogP contribution in [0.5, 0.6) is 0 Å². The zero-order valence-electron chi connectivity index (χ0n) is 12.9. The number of carbonyl (C=O) groups is 1. The zero-order valence-corrected chi connectivity index (χ0v) is 12.9. The predicted octanol–water partition coefficient (Wildman–Crippen LogP) is 2.80. The monoisotopic (exact) mass is 327 g/mol. The van der Waals surface area contributed by atoms with Gasteiger partial charge in [0.15, 0.2) is 0 Å². The van der Waals surface area contributed by atoms with E-state index >= 15 is 0 Å². The maximum atomic E-state index is 12.5. The molecule has 0 unspecified atom stereocenters. The van der Waals surface area contributed by atoms with Crippen molar-refractivity contribution in [2.75, 3.05) is 26.2 Å². The Morgan fingerprint density at radius 1 is 1.09 bits per heavy atom. The van der Waals surface area contributed by atoms with Gasteiger partial charge >= 0.3 is 6.18 Å². The number of piperazine rings is 1. The van der Waals surface area contributed by atoms with E-state index in [9.17, 15) is 18.0 Å². The van der Waals surface area contributed by atoms with E-state index in [-0.39, 0.29) is 11.5 Å². The first kappa shape index (κ1) is 16.2. The number of hydrogen-bond acceptors (Lipinski definition) is 3. The van der Waals surface area contributed by atoms with Gasteiger partial charge in [-0.1, -0.05) is 12.8 Å². The average Bonchev–Trinajstić information content (AvgIpc) is 3.08. The van der Waals surface area contributed by atoms with Crippen LogP contribution in [0.4, 0.5) is 13.2 Å². The standard InChI is InChI=1S/C16H20F3N3O/c17-16(18,19)14-6-5-12(11-20-14)15(23)22-9-7-21(8-10-22)13-3-1-2-4-13/h5-6,11,13H,1-4,7-10H2. The Bertz CT molecular complexity index is 545.